The number of thioether (sulfide) groups is 1. The van der Waals surface area contributed by atoms with Gasteiger partial charge in [-0.3, -0.25) is 9.36 Å². The number of benzene rings is 1. The second-order valence-electron chi connectivity index (χ2n) is 7.85. The molecule has 0 unspecified atom stereocenters. The van der Waals surface area contributed by atoms with Crippen LogP contribution in [0, 0.1) is 0 Å². The van der Waals surface area contributed by atoms with E-state index in [1.54, 1.807) is 22.8 Å². The number of thiophene rings is 1. The molecule has 3 aromatic heterocycles. The molecule has 176 valence electrons. The van der Waals surface area contributed by atoms with Gasteiger partial charge in [-0.25, -0.2) is 9.78 Å². The highest BCUT2D eigenvalue weighted by molar-refractivity contribution is 7.99. The lowest BCUT2D eigenvalue weighted by atomic mass is 10.1. The lowest BCUT2D eigenvalue weighted by Gasteiger charge is -2.17. The fourth-order valence-corrected chi connectivity index (χ4v) is 5.39. The van der Waals surface area contributed by atoms with Crippen molar-refractivity contribution in [3.63, 3.8) is 0 Å². The van der Waals surface area contributed by atoms with Crippen LogP contribution in [0.4, 0.5) is 0 Å². The van der Waals surface area contributed by atoms with Crippen LogP contribution < -0.4 is 5.56 Å². The van der Waals surface area contributed by atoms with Gasteiger partial charge in [-0.1, -0.05) is 17.8 Å². The van der Waals surface area contributed by atoms with Crippen LogP contribution >= 0.6 is 23.1 Å². The number of carbonyl (C=O) groups is 1. The molecule has 2 atom stereocenters. The van der Waals surface area contributed by atoms with Gasteiger partial charge >= 0.3 is 5.97 Å². The minimum absolute atomic E-state index is 0.0465. The molecule has 1 fully saturated rings. The van der Waals surface area contributed by atoms with E-state index in [-0.39, 0.29) is 16.9 Å². The van der Waals surface area contributed by atoms with Crippen molar-refractivity contribution in [3.05, 3.63) is 57.5 Å². The monoisotopic (exact) mass is 498 g/mol. The molecule has 9 nitrogen and oxygen atoms in total. The third kappa shape index (κ3) is 4.50. The second-order valence-corrected chi connectivity index (χ2v) is 10.1. The first-order chi connectivity index (χ1) is 16.5. The Morgan fingerprint density at radius 2 is 2.24 bits per heavy atom. The van der Waals surface area contributed by atoms with E-state index in [4.69, 9.17) is 18.9 Å². The Kier molecular flexibility index (Phi) is 6.48. The van der Waals surface area contributed by atoms with Crippen molar-refractivity contribution in [1.29, 1.82) is 0 Å². The molecule has 0 saturated carbocycles. The van der Waals surface area contributed by atoms with Crippen molar-refractivity contribution < 1.29 is 18.7 Å². The number of aromatic nitrogens is 4. The zero-order chi connectivity index (χ0) is 23.7. The fourth-order valence-electron chi connectivity index (χ4n) is 3.80. The van der Waals surface area contributed by atoms with Crippen LogP contribution in [0.5, 0.6) is 0 Å². The standard InChI is InChI=1S/C23H22N4O5S2/c1-13(19-25-26-20(32-19)18-6-4-10-33-18)34-23-24-17-11-14(22(29)30-2)7-8-16(17)21(28)27(23)12-15-5-3-9-31-15/h4,6-8,10-11,13,15H,3,5,9,12H2,1-2H3/t13-,15+/m1/s1. The van der Waals surface area contributed by atoms with Gasteiger partial charge in [-0.05, 0) is 49.4 Å². The van der Waals surface area contributed by atoms with Crippen molar-refractivity contribution in [1.82, 2.24) is 19.7 Å². The number of fused-ring (bicyclic) bond motifs is 1. The lowest BCUT2D eigenvalue weighted by Crippen LogP contribution is -2.29. The maximum absolute atomic E-state index is 13.5. The third-order valence-electron chi connectivity index (χ3n) is 5.55. The van der Waals surface area contributed by atoms with Gasteiger partial charge in [0.2, 0.25) is 5.89 Å². The number of hydrogen-bond donors (Lipinski definition) is 0. The average Bonchev–Trinajstić information content (AvgIpc) is 3.62. The number of ether oxygens (including phenoxy) is 2. The molecule has 1 aliphatic heterocycles. The van der Waals surface area contributed by atoms with Crippen LogP contribution in [-0.2, 0) is 16.0 Å². The first-order valence-electron chi connectivity index (χ1n) is 10.8. The molecule has 0 aliphatic carbocycles. The number of hydrogen-bond acceptors (Lipinski definition) is 10. The van der Waals surface area contributed by atoms with Gasteiger partial charge in [0.1, 0.15) is 0 Å². The van der Waals surface area contributed by atoms with Crippen LogP contribution in [0.25, 0.3) is 21.7 Å². The van der Waals surface area contributed by atoms with Crippen LogP contribution in [0.3, 0.4) is 0 Å². The SMILES string of the molecule is COC(=O)c1ccc2c(=O)n(C[C@@H]3CCCO3)c(S[C@H](C)c3nnc(-c4cccs4)o3)nc2c1. The van der Waals surface area contributed by atoms with E-state index in [1.807, 2.05) is 24.4 Å². The van der Waals surface area contributed by atoms with Crippen LogP contribution in [0.1, 0.15) is 41.3 Å². The minimum Gasteiger partial charge on any atom is -0.465 e. The van der Waals surface area contributed by atoms with Gasteiger partial charge in [0.25, 0.3) is 11.4 Å². The predicted octanol–water partition coefficient (Wildman–Crippen LogP) is 4.33. The van der Waals surface area contributed by atoms with Gasteiger partial charge in [0, 0.05) is 6.61 Å². The number of carbonyl (C=O) groups excluding carboxylic acids is 1. The Balaban J connectivity index is 1.52. The van der Waals surface area contributed by atoms with E-state index in [0.717, 1.165) is 17.7 Å². The number of nitrogens with zero attached hydrogens (tertiary/aromatic N) is 4. The topological polar surface area (TPSA) is 109 Å². The summed E-state index contributed by atoms with van der Waals surface area (Å²) in [5.74, 6) is 0.417. The molecule has 4 heterocycles. The zero-order valence-electron chi connectivity index (χ0n) is 18.6. The van der Waals surface area contributed by atoms with Crippen LogP contribution in [-0.4, -0.2) is 45.5 Å². The molecule has 0 bridgehead atoms. The second kappa shape index (κ2) is 9.69. The fraction of sp³-hybridized carbons (Fsp3) is 0.348. The van der Waals surface area contributed by atoms with Crippen LogP contribution in [0.15, 0.2) is 50.1 Å². The van der Waals surface area contributed by atoms with E-state index in [9.17, 15) is 9.59 Å². The number of methoxy groups -OCH3 is 1. The number of esters is 1. The Bertz CT molecular complexity index is 1380. The van der Waals surface area contributed by atoms with Crippen LogP contribution in [0.2, 0.25) is 0 Å². The molecule has 1 saturated heterocycles. The molecule has 0 radical (unpaired) electrons. The Labute approximate surface area is 203 Å². The maximum atomic E-state index is 13.5. The zero-order valence-corrected chi connectivity index (χ0v) is 20.2. The van der Waals surface area contributed by atoms with Crippen molar-refractivity contribution in [3.8, 4) is 10.8 Å². The Morgan fingerprint density at radius 3 is 2.97 bits per heavy atom. The van der Waals surface area contributed by atoms with Gasteiger partial charge in [0.15, 0.2) is 5.16 Å². The largest absolute Gasteiger partial charge is 0.465 e. The average molecular weight is 499 g/mol. The van der Waals surface area contributed by atoms with E-state index in [2.05, 4.69) is 10.2 Å². The minimum atomic E-state index is -0.484. The molecular weight excluding hydrogens is 476 g/mol. The summed E-state index contributed by atoms with van der Waals surface area (Å²) in [6, 6.07) is 8.62. The summed E-state index contributed by atoms with van der Waals surface area (Å²) < 4.78 is 18.1. The van der Waals surface area contributed by atoms with Gasteiger partial charge in [-0.2, -0.15) is 0 Å². The third-order valence-corrected chi connectivity index (χ3v) is 7.49. The van der Waals surface area contributed by atoms with Gasteiger partial charge in [0.05, 0.1) is 46.4 Å². The highest BCUT2D eigenvalue weighted by Crippen LogP contribution is 2.35. The van der Waals surface area contributed by atoms with Crippen molar-refractivity contribution >= 4 is 40.0 Å². The molecule has 0 spiro atoms. The summed E-state index contributed by atoms with van der Waals surface area (Å²) in [5, 5.41) is 11.0. The van der Waals surface area contributed by atoms with Crippen molar-refractivity contribution in [2.24, 2.45) is 0 Å². The van der Waals surface area contributed by atoms with Gasteiger partial charge in [-0.15, -0.1) is 21.5 Å². The van der Waals surface area contributed by atoms with Crippen molar-refractivity contribution in [2.75, 3.05) is 13.7 Å². The summed E-state index contributed by atoms with van der Waals surface area (Å²) in [4.78, 5) is 31.1. The quantitative estimate of drug-likeness (QED) is 0.209. The van der Waals surface area contributed by atoms with Crippen molar-refractivity contribution in [2.45, 2.75) is 42.8 Å². The summed E-state index contributed by atoms with van der Waals surface area (Å²) >= 11 is 2.88. The van der Waals surface area contributed by atoms with E-state index in [0.29, 0.717) is 46.6 Å². The summed E-state index contributed by atoms with van der Waals surface area (Å²) in [5.41, 5.74) is 0.577. The van der Waals surface area contributed by atoms with E-state index < -0.39 is 5.97 Å². The molecule has 1 aromatic carbocycles. The summed E-state index contributed by atoms with van der Waals surface area (Å²) in [7, 11) is 1.32. The van der Waals surface area contributed by atoms with Gasteiger partial charge < -0.3 is 13.9 Å². The molecular formula is C23H22N4O5S2. The van der Waals surface area contributed by atoms with E-state index >= 15 is 0 Å². The number of rotatable bonds is 7. The molecule has 34 heavy (non-hydrogen) atoms. The molecule has 4 aromatic rings. The predicted molar refractivity (Wildman–Crippen MR) is 128 cm³/mol. The molecule has 0 amide bonds. The highest BCUT2D eigenvalue weighted by Gasteiger charge is 2.24. The Morgan fingerprint density at radius 1 is 1.35 bits per heavy atom. The lowest BCUT2D eigenvalue weighted by molar-refractivity contribution is 0.0601. The first kappa shape index (κ1) is 22.8. The van der Waals surface area contributed by atoms with E-state index in [1.165, 1.54) is 30.2 Å². The molecule has 11 heteroatoms. The normalized spacial score (nSPS) is 16.7. The molecule has 0 N–H and O–H groups in total. The first-order valence-corrected chi connectivity index (χ1v) is 12.6. The molecule has 5 rings (SSSR count). The smallest absolute Gasteiger partial charge is 0.337 e. The summed E-state index contributed by atoms with van der Waals surface area (Å²) in [6.07, 6.45) is 1.81. The Hall–Kier alpha value is -3.02. The highest BCUT2D eigenvalue weighted by atomic mass is 32.2. The molecule has 1 aliphatic rings. The summed E-state index contributed by atoms with van der Waals surface area (Å²) in [6.45, 7) is 3.02. The maximum Gasteiger partial charge on any atom is 0.337 e.